The molecule has 0 saturated carbocycles. The number of rotatable bonds is 1. The van der Waals surface area contributed by atoms with Crippen LogP contribution in [-0.2, 0) is 4.74 Å². The number of anilines is 1. The highest BCUT2D eigenvalue weighted by atomic mass is 35.5. The van der Waals surface area contributed by atoms with Crippen LogP contribution in [0.4, 0.5) is 5.88 Å². The Bertz CT molecular complexity index is 662. The molecule has 0 bridgehead atoms. The number of nitrogen functional groups attached to an aromatic ring is 1. The lowest BCUT2D eigenvalue weighted by atomic mass is 10.1. The maximum atomic E-state index is 12.0. The Morgan fingerprint density at radius 1 is 1.47 bits per heavy atom. The molecule has 0 aliphatic carbocycles. The van der Waals surface area contributed by atoms with Gasteiger partial charge in [0.1, 0.15) is 5.58 Å². The molecule has 2 rings (SSSR count). The number of hydrogen-bond acceptors (Lipinski definition) is 5. The third-order valence-corrected chi connectivity index (χ3v) is 2.50. The minimum absolute atomic E-state index is 0.187. The molecule has 1 heterocycles. The SMILES string of the molecule is COC(=O)c1c(N)oc2ccc(Cl)cc2c1=O. The number of benzene rings is 1. The van der Waals surface area contributed by atoms with Crippen molar-refractivity contribution in [3.8, 4) is 0 Å². The minimum atomic E-state index is -0.835. The van der Waals surface area contributed by atoms with E-state index >= 15 is 0 Å². The van der Waals surface area contributed by atoms with Gasteiger partial charge in [-0.2, -0.15) is 0 Å². The first-order valence-corrected chi connectivity index (χ1v) is 5.02. The maximum Gasteiger partial charge on any atom is 0.347 e. The molecule has 1 aromatic heterocycles. The van der Waals surface area contributed by atoms with Crippen LogP contribution >= 0.6 is 11.6 Å². The molecule has 17 heavy (non-hydrogen) atoms. The number of fused-ring (bicyclic) bond motifs is 1. The third-order valence-electron chi connectivity index (χ3n) is 2.27. The summed E-state index contributed by atoms with van der Waals surface area (Å²) in [7, 11) is 1.16. The summed E-state index contributed by atoms with van der Waals surface area (Å²) in [5, 5.41) is 0.553. The molecule has 2 N–H and O–H groups in total. The second-order valence-electron chi connectivity index (χ2n) is 3.30. The van der Waals surface area contributed by atoms with Crippen LogP contribution in [0.2, 0.25) is 5.02 Å². The second-order valence-corrected chi connectivity index (χ2v) is 3.74. The van der Waals surface area contributed by atoms with Crippen molar-refractivity contribution in [3.05, 3.63) is 39.0 Å². The van der Waals surface area contributed by atoms with Crippen LogP contribution < -0.4 is 11.2 Å². The van der Waals surface area contributed by atoms with Crippen LogP contribution in [0.5, 0.6) is 0 Å². The van der Waals surface area contributed by atoms with E-state index in [9.17, 15) is 9.59 Å². The molecular formula is C11H8ClNO4. The zero-order chi connectivity index (χ0) is 12.6. The molecule has 1 aromatic carbocycles. The van der Waals surface area contributed by atoms with Crippen LogP contribution in [-0.4, -0.2) is 13.1 Å². The molecule has 88 valence electrons. The van der Waals surface area contributed by atoms with Gasteiger partial charge in [0, 0.05) is 5.02 Å². The lowest BCUT2D eigenvalue weighted by Gasteiger charge is -2.04. The van der Waals surface area contributed by atoms with Gasteiger partial charge in [0.25, 0.3) is 0 Å². The minimum Gasteiger partial charge on any atom is -0.465 e. The predicted molar refractivity (Wildman–Crippen MR) is 63.2 cm³/mol. The summed E-state index contributed by atoms with van der Waals surface area (Å²) >= 11 is 5.77. The topological polar surface area (TPSA) is 82.5 Å². The molecule has 0 fully saturated rings. The van der Waals surface area contributed by atoms with Crippen LogP contribution in [0.25, 0.3) is 11.0 Å². The van der Waals surface area contributed by atoms with Gasteiger partial charge >= 0.3 is 5.97 Å². The number of methoxy groups -OCH3 is 1. The maximum absolute atomic E-state index is 12.0. The van der Waals surface area contributed by atoms with Gasteiger partial charge in [0.2, 0.25) is 11.3 Å². The molecule has 6 heteroatoms. The molecule has 0 aliphatic rings. The van der Waals surface area contributed by atoms with E-state index in [1.165, 1.54) is 12.1 Å². The number of ether oxygens (including phenoxy) is 1. The van der Waals surface area contributed by atoms with E-state index in [4.69, 9.17) is 21.8 Å². The summed E-state index contributed by atoms with van der Waals surface area (Å²) in [5.74, 6) is -1.10. The van der Waals surface area contributed by atoms with Gasteiger partial charge in [0.15, 0.2) is 5.56 Å². The second kappa shape index (κ2) is 4.10. The quantitative estimate of drug-likeness (QED) is 0.784. The Morgan fingerprint density at radius 3 is 2.82 bits per heavy atom. The molecule has 0 unspecified atom stereocenters. The van der Waals surface area contributed by atoms with E-state index in [1.54, 1.807) is 6.07 Å². The Balaban J connectivity index is 2.87. The average Bonchev–Trinajstić information content (AvgIpc) is 2.30. The fourth-order valence-electron chi connectivity index (χ4n) is 1.48. The molecule has 2 aromatic rings. The molecule has 0 radical (unpaired) electrons. The first-order valence-electron chi connectivity index (χ1n) is 4.64. The van der Waals surface area contributed by atoms with Gasteiger partial charge in [-0.25, -0.2) is 4.79 Å². The van der Waals surface area contributed by atoms with Crippen molar-refractivity contribution in [3.63, 3.8) is 0 Å². The van der Waals surface area contributed by atoms with Crippen LogP contribution in [0, 0.1) is 0 Å². The molecule has 0 saturated heterocycles. The van der Waals surface area contributed by atoms with Gasteiger partial charge in [-0.05, 0) is 18.2 Å². The van der Waals surface area contributed by atoms with E-state index in [0.29, 0.717) is 5.02 Å². The molecule has 0 aliphatic heterocycles. The van der Waals surface area contributed by atoms with Crippen molar-refractivity contribution in [2.75, 3.05) is 12.8 Å². The van der Waals surface area contributed by atoms with Crippen LogP contribution in [0.1, 0.15) is 10.4 Å². The number of halogens is 1. The molecule has 0 atom stereocenters. The van der Waals surface area contributed by atoms with Crippen molar-refractivity contribution in [1.29, 1.82) is 0 Å². The highest BCUT2D eigenvalue weighted by molar-refractivity contribution is 6.31. The summed E-state index contributed by atoms with van der Waals surface area (Å²) in [4.78, 5) is 23.4. The van der Waals surface area contributed by atoms with E-state index in [2.05, 4.69) is 4.74 Å². The predicted octanol–water partition coefficient (Wildman–Crippen LogP) is 1.82. The van der Waals surface area contributed by atoms with Gasteiger partial charge in [-0.3, -0.25) is 4.79 Å². The monoisotopic (exact) mass is 253 g/mol. The zero-order valence-electron chi connectivity index (χ0n) is 8.82. The smallest absolute Gasteiger partial charge is 0.347 e. The highest BCUT2D eigenvalue weighted by Gasteiger charge is 2.19. The number of hydrogen-bond donors (Lipinski definition) is 1. The third kappa shape index (κ3) is 1.85. The largest absolute Gasteiger partial charge is 0.465 e. The summed E-state index contributed by atoms with van der Waals surface area (Å²) in [6, 6.07) is 4.48. The van der Waals surface area contributed by atoms with E-state index < -0.39 is 11.4 Å². The van der Waals surface area contributed by atoms with Crippen LogP contribution in [0.15, 0.2) is 27.4 Å². The summed E-state index contributed by atoms with van der Waals surface area (Å²) in [5.41, 5.74) is 4.89. The summed E-state index contributed by atoms with van der Waals surface area (Å²) in [6.45, 7) is 0. The first kappa shape index (κ1) is 11.5. The van der Waals surface area contributed by atoms with Crippen molar-refractivity contribution >= 4 is 34.4 Å². The Morgan fingerprint density at radius 2 is 2.18 bits per heavy atom. The standard InChI is InChI=1S/C11H8ClNO4/c1-16-11(15)8-9(14)6-4-5(12)2-3-7(6)17-10(8)13/h2-4H,13H2,1H3. The lowest BCUT2D eigenvalue weighted by Crippen LogP contribution is -2.19. The molecule has 5 nitrogen and oxygen atoms in total. The van der Waals surface area contributed by atoms with Crippen molar-refractivity contribution in [2.45, 2.75) is 0 Å². The number of nitrogens with two attached hydrogens (primary N) is 1. The van der Waals surface area contributed by atoms with Crippen molar-refractivity contribution in [2.24, 2.45) is 0 Å². The van der Waals surface area contributed by atoms with E-state index in [-0.39, 0.29) is 22.4 Å². The van der Waals surface area contributed by atoms with Gasteiger partial charge < -0.3 is 14.9 Å². The zero-order valence-corrected chi connectivity index (χ0v) is 9.58. The van der Waals surface area contributed by atoms with Gasteiger partial charge in [-0.15, -0.1) is 0 Å². The molecule has 0 amide bonds. The van der Waals surface area contributed by atoms with E-state index in [1.807, 2.05) is 0 Å². The van der Waals surface area contributed by atoms with Crippen molar-refractivity contribution < 1.29 is 13.9 Å². The Kier molecular flexibility index (Phi) is 2.77. The molecule has 0 spiro atoms. The van der Waals surface area contributed by atoms with Gasteiger partial charge in [0.05, 0.1) is 12.5 Å². The number of carbonyl (C=O) groups is 1. The number of esters is 1. The number of carbonyl (C=O) groups excluding carboxylic acids is 1. The fraction of sp³-hybridized carbons (Fsp3) is 0.0909. The first-order chi connectivity index (χ1) is 8.04. The normalized spacial score (nSPS) is 10.5. The van der Waals surface area contributed by atoms with Crippen molar-refractivity contribution in [1.82, 2.24) is 0 Å². The van der Waals surface area contributed by atoms with Gasteiger partial charge in [-0.1, -0.05) is 11.6 Å². The highest BCUT2D eigenvalue weighted by Crippen LogP contribution is 2.21. The molecular weight excluding hydrogens is 246 g/mol. The van der Waals surface area contributed by atoms with E-state index in [0.717, 1.165) is 7.11 Å². The van der Waals surface area contributed by atoms with Crippen LogP contribution in [0.3, 0.4) is 0 Å². The summed E-state index contributed by atoms with van der Waals surface area (Å²) < 4.78 is 9.64. The average molecular weight is 254 g/mol. The Hall–Kier alpha value is -2.01. The summed E-state index contributed by atoms with van der Waals surface area (Å²) in [6.07, 6.45) is 0. The lowest BCUT2D eigenvalue weighted by molar-refractivity contribution is 0.0599. The fourth-order valence-corrected chi connectivity index (χ4v) is 1.65. The Labute approximate surface area is 101 Å².